The van der Waals surface area contributed by atoms with Crippen molar-refractivity contribution < 1.29 is 14.3 Å². The molecule has 1 unspecified atom stereocenters. The highest BCUT2D eigenvalue weighted by Crippen LogP contribution is 2.21. The third-order valence-corrected chi connectivity index (χ3v) is 5.50. The number of nitrogens with zero attached hydrogens (tertiary/aromatic N) is 3. The SMILES string of the molecule is CC(C)(C)OC(=O)N1CCCC(CN2CCN(C(=O)c3ccc(N)cc3)CC2)C1. The van der Waals surface area contributed by atoms with E-state index >= 15 is 0 Å². The van der Waals surface area contributed by atoms with Crippen LogP contribution in [-0.4, -0.2) is 78.1 Å². The molecule has 2 N–H and O–H groups in total. The van der Waals surface area contributed by atoms with Gasteiger partial charge in [-0.1, -0.05) is 0 Å². The molecule has 1 aromatic carbocycles. The van der Waals surface area contributed by atoms with Crippen molar-refractivity contribution in [1.82, 2.24) is 14.7 Å². The molecule has 0 spiro atoms. The van der Waals surface area contributed by atoms with Gasteiger partial charge in [0.15, 0.2) is 0 Å². The van der Waals surface area contributed by atoms with Gasteiger partial charge in [-0.05, 0) is 63.8 Å². The van der Waals surface area contributed by atoms with Gasteiger partial charge >= 0.3 is 6.09 Å². The van der Waals surface area contributed by atoms with Gasteiger partial charge < -0.3 is 20.3 Å². The van der Waals surface area contributed by atoms with Crippen molar-refractivity contribution in [3.63, 3.8) is 0 Å². The number of piperidine rings is 1. The van der Waals surface area contributed by atoms with Crippen LogP contribution in [0.15, 0.2) is 24.3 Å². The number of carbonyl (C=O) groups is 2. The molecule has 2 saturated heterocycles. The average molecular weight is 403 g/mol. The van der Waals surface area contributed by atoms with Gasteiger partial charge in [-0.15, -0.1) is 0 Å². The first-order valence-electron chi connectivity index (χ1n) is 10.6. The van der Waals surface area contributed by atoms with Crippen molar-refractivity contribution in [3.8, 4) is 0 Å². The predicted octanol–water partition coefficient (Wildman–Crippen LogP) is 2.67. The lowest BCUT2D eigenvalue weighted by atomic mass is 9.97. The number of nitrogens with two attached hydrogens (primary N) is 1. The summed E-state index contributed by atoms with van der Waals surface area (Å²) in [6.07, 6.45) is 1.93. The second-order valence-corrected chi connectivity index (χ2v) is 9.15. The fourth-order valence-corrected chi connectivity index (χ4v) is 4.01. The van der Waals surface area contributed by atoms with Crippen LogP contribution in [0.4, 0.5) is 10.5 Å². The predicted molar refractivity (Wildman–Crippen MR) is 114 cm³/mol. The number of benzene rings is 1. The summed E-state index contributed by atoms with van der Waals surface area (Å²) in [4.78, 5) is 31.2. The van der Waals surface area contributed by atoms with Crippen LogP contribution < -0.4 is 5.73 Å². The molecule has 0 aliphatic carbocycles. The number of piperazine rings is 1. The van der Waals surface area contributed by atoms with Crippen LogP contribution in [0.5, 0.6) is 0 Å². The summed E-state index contributed by atoms with van der Waals surface area (Å²) in [5.41, 5.74) is 6.60. The van der Waals surface area contributed by atoms with Crippen LogP contribution in [-0.2, 0) is 4.74 Å². The van der Waals surface area contributed by atoms with Gasteiger partial charge in [-0.3, -0.25) is 9.69 Å². The molecule has 1 atom stereocenters. The largest absolute Gasteiger partial charge is 0.444 e. The number of likely N-dealkylation sites (tertiary alicyclic amines) is 1. The molecule has 0 radical (unpaired) electrons. The lowest BCUT2D eigenvalue weighted by Crippen LogP contribution is -2.51. The van der Waals surface area contributed by atoms with Crippen molar-refractivity contribution in [3.05, 3.63) is 29.8 Å². The Kier molecular flexibility index (Phi) is 6.67. The first kappa shape index (κ1) is 21.4. The highest BCUT2D eigenvalue weighted by molar-refractivity contribution is 5.94. The van der Waals surface area contributed by atoms with Gasteiger partial charge in [0.25, 0.3) is 5.91 Å². The molecule has 2 heterocycles. The molecule has 160 valence electrons. The van der Waals surface area contributed by atoms with Crippen molar-refractivity contribution in [2.24, 2.45) is 5.92 Å². The van der Waals surface area contributed by atoms with Crippen LogP contribution in [0.2, 0.25) is 0 Å². The van der Waals surface area contributed by atoms with Gasteiger partial charge in [-0.25, -0.2) is 4.79 Å². The van der Waals surface area contributed by atoms with E-state index in [2.05, 4.69) is 4.90 Å². The summed E-state index contributed by atoms with van der Waals surface area (Å²) in [6.45, 7) is 11.4. The molecule has 0 bridgehead atoms. The minimum atomic E-state index is -0.461. The van der Waals surface area contributed by atoms with Crippen LogP contribution in [0.1, 0.15) is 44.0 Å². The smallest absolute Gasteiger partial charge is 0.410 e. The van der Waals surface area contributed by atoms with E-state index in [-0.39, 0.29) is 12.0 Å². The van der Waals surface area contributed by atoms with Crippen molar-refractivity contribution >= 4 is 17.7 Å². The molecule has 2 aliphatic rings. The Bertz CT molecular complexity index is 706. The topological polar surface area (TPSA) is 79.1 Å². The molecule has 7 heteroatoms. The number of ether oxygens (including phenoxy) is 1. The first-order chi connectivity index (χ1) is 13.7. The molecule has 0 saturated carbocycles. The average Bonchev–Trinajstić information content (AvgIpc) is 2.67. The Morgan fingerprint density at radius 1 is 1.03 bits per heavy atom. The quantitative estimate of drug-likeness (QED) is 0.787. The highest BCUT2D eigenvalue weighted by Gasteiger charge is 2.30. The lowest BCUT2D eigenvalue weighted by Gasteiger charge is -2.39. The summed E-state index contributed by atoms with van der Waals surface area (Å²) >= 11 is 0. The van der Waals surface area contributed by atoms with E-state index in [1.165, 1.54) is 0 Å². The number of nitrogen functional groups attached to an aromatic ring is 1. The summed E-state index contributed by atoms with van der Waals surface area (Å²) in [5, 5.41) is 0. The van der Waals surface area contributed by atoms with E-state index in [4.69, 9.17) is 10.5 Å². The van der Waals surface area contributed by atoms with Crippen LogP contribution in [0.3, 0.4) is 0 Å². The maximum Gasteiger partial charge on any atom is 0.410 e. The fraction of sp³-hybridized carbons (Fsp3) is 0.636. The maximum atomic E-state index is 12.6. The molecule has 29 heavy (non-hydrogen) atoms. The number of hydrogen-bond donors (Lipinski definition) is 1. The summed E-state index contributed by atoms with van der Waals surface area (Å²) in [7, 11) is 0. The van der Waals surface area contributed by atoms with E-state index in [9.17, 15) is 9.59 Å². The zero-order valence-electron chi connectivity index (χ0n) is 17.9. The second-order valence-electron chi connectivity index (χ2n) is 9.15. The Labute approximate surface area is 173 Å². The minimum absolute atomic E-state index is 0.0680. The summed E-state index contributed by atoms with van der Waals surface area (Å²) < 4.78 is 5.53. The van der Waals surface area contributed by atoms with Crippen molar-refractivity contribution in [2.75, 3.05) is 51.5 Å². The molecule has 2 aliphatic heterocycles. The van der Waals surface area contributed by atoms with E-state index < -0.39 is 5.60 Å². The molecular weight excluding hydrogens is 368 g/mol. The monoisotopic (exact) mass is 402 g/mol. The number of hydrogen-bond acceptors (Lipinski definition) is 5. The molecule has 1 aromatic rings. The fourth-order valence-electron chi connectivity index (χ4n) is 4.01. The Balaban J connectivity index is 1.46. The van der Waals surface area contributed by atoms with E-state index in [1.54, 1.807) is 24.3 Å². The van der Waals surface area contributed by atoms with E-state index in [0.29, 0.717) is 17.2 Å². The van der Waals surface area contributed by atoms with Crippen molar-refractivity contribution in [1.29, 1.82) is 0 Å². The summed E-state index contributed by atoms with van der Waals surface area (Å²) in [5.74, 6) is 0.522. The van der Waals surface area contributed by atoms with E-state index in [0.717, 1.165) is 58.7 Å². The molecule has 3 rings (SSSR count). The van der Waals surface area contributed by atoms with Gasteiger partial charge in [-0.2, -0.15) is 0 Å². The third-order valence-electron chi connectivity index (χ3n) is 5.50. The van der Waals surface area contributed by atoms with E-state index in [1.807, 2.05) is 30.6 Å². The maximum absolute atomic E-state index is 12.6. The number of carbonyl (C=O) groups excluding carboxylic acids is 2. The number of rotatable bonds is 3. The Morgan fingerprint density at radius 3 is 2.31 bits per heavy atom. The third kappa shape index (κ3) is 6.10. The van der Waals surface area contributed by atoms with Crippen LogP contribution in [0, 0.1) is 5.92 Å². The second kappa shape index (κ2) is 9.03. The van der Waals surface area contributed by atoms with Crippen molar-refractivity contribution in [2.45, 2.75) is 39.2 Å². The Morgan fingerprint density at radius 2 is 1.69 bits per heavy atom. The molecule has 2 amide bonds. The number of anilines is 1. The van der Waals surface area contributed by atoms with Crippen LogP contribution in [0.25, 0.3) is 0 Å². The Hall–Kier alpha value is -2.28. The zero-order chi connectivity index (χ0) is 21.0. The van der Waals surface area contributed by atoms with Gasteiger partial charge in [0.2, 0.25) is 0 Å². The minimum Gasteiger partial charge on any atom is -0.444 e. The van der Waals surface area contributed by atoms with Crippen LogP contribution >= 0.6 is 0 Å². The lowest BCUT2D eigenvalue weighted by molar-refractivity contribution is 0.0129. The molecular formula is C22H34N4O3. The molecule has 2 fully saturated rings. The number of amides is 2. The molecule has 0 aromatic heterocycles. The first-order valence-corrected chi connectivity index (χ1v) is 10.6. The molecule has 7 nitrogen and oxygen atoms in total. The van der Waals surface area contributed by atoms with Gasteiger partial charge in [0, 0.05) is 57.1 Å². The van der Waals surface area contributed by atoms with Gasteiger partial charge in [0.1, 0.15) is 5.60 Å². The highest BCUT2D eigenvalue weighted by atomic mass is 16.6. The van der Waals surface area contributed by atoms with Gasteiger partial charge in [0.05, 0.1) is 0 Å². The zero-order valence-corrected chi connectivity index (χ0v) is 17.9. The normalized spacial score (nSPS) is 21.1. The standard InChI is InChI=1S/C22H34N4O3/c1-22(2,3)29-21(28)26-10-4-5-17(16-26)15-24-11-13-25(14-12-24)20(27)18-6-8-19(23)9-7-18/h6-9,17H,4-5,10-16,23H2,1-3H3. The summed E-state index contributed by atoms with van der Waals surface area (Å²) in [6, 6.07) is 7.11.